The van der Waals surface area contributed by atoms with Gasteiger partial charge in [-0.15, -0.1) is 6.42 Å². The second-order valence-electron chi connectivity index (χ2n) is 3.79. The topological polar surface area (TPSA) is 42.0 Å². The summed E-state index contributed by atoms with van der Waals surface area (Å²) >= 11 is 0. The average Bonchev–Trinajstić information content (AvgIpc) is 2.46. The lowest BCUT2D eigenvalue weighted by Crippen LogP contribution is -2.20. The second kappa shape index (κ2) is 5.32. The zero-order valence-electron chi connectivity index (χ0n) is 10.3. The summed E-state index contributed by atoms with van der Waals surface area (Å²) in [5.41, 5.74) is 1.15. The normalized spacial score (nSPS) is 9.74. The van der Waals surface area contributed by atoms with E-state index in [9.17, 15) is 9.18 Å². The van der Waals surface area contributed by atoms with Gasteiger partial charge in [0.1, 0.15) is 11.5 Å². The Kier molecular flexibility index (Phi) is 3.58. The number of benzene rings is 1. The number of halogens is 1. The Hall–Kier alpha value is -2.67. The number of amides is 1. The zero-order chi connectivity index (χ0) is 13.8. The number of hydrogen-bond acceptors (Lipinski definition) is 2. The lowest BCUT2D eigenvalue weighted by Gasteiger charge is -2.10. The molecule has 2 aromatic rings. The van der Waals surface area contributed by atoms with E-state index >= 15 is 0 Å². The van der Waals surface area contributed by atoms with Gasteiger partial charge in [-0.1, -0.05) is 18.2 Å². The van der Waals surface area contributed by atoms with Gasteiger partial charge in [0.05, 0.1) is 5.56 Å². The van der Waals surface area contributed by atoms with E-state index in [0.717, 1.165) is 0 Å². The van der Waals surface area contributed by atoms with Crippen molar-refractivity contribution in [3.05, 3.63) is 53.6 Å². The molecule has 0 spiro atoms. The Morgan fingerprint density at radius 1 is 1.32 bits per heavy atom. The van der Waals surface area contributed by atoms with E-state index in [4.69, 9.17) is 6.42 Å². The second-order valence-corrected chi connectivity index (χ2v) is 3.79. The molecule has 0 radical (unpaired) electrons. The zero-order valence-corrected chi connectivity index (χ0v) is 10.3. The van der Waals surface area contributed by atoms with Gasteiger partial charge in [-0.3, -0.25) is 4.79 Å². The van der Waals surface area contributed by atoms with Crippen LogP contribution < -0.4 is 5.32 Å². The Morgan fingerprint density at radius 2 is 2.05 bits per heavy atom. The third-order valence-electron chi connectivity index (χ3n) is 2.71. The van der Waals surface area contributed by atoms with Gasteiger partial charge in [0, 0.05) is 24.4 Å². The van der Waals surface area contributed by atoms with Gasteiger partial charge < -0.3 is 5.32 Å². The van der Waals surface area contributed by atoms with E-state index in [1.54, 1.807) is 24.3 Å². The van der Waals surface area contributed by atoms with Crippen molar-refractivity contribution >= 4 is 5.91 Å². The smallest absolute Gasteiger partial charge is 0.254 e. The fourth-order valence-corrected chi connectivity index (χ4v) is 1.83. The highest BCUT2D eigenvalue weighted by Gasteiger charge is 2.18. The van der Waals surface area contributed by atoms with Crippen molar-refractivity contribution in [1.82, 2.24) is 10.3 Å². The molecule has 94 valence electrons. The molecular weight excluding hydrogens is 243 g/mol. The van der Waals surface area contributed by atoms with Gasteiger partial charge in [0.2, 0.25) is 0 Å². The number of aromatic nitrogens is 1. The number of carbonyl (C=O) groups is 1. The number of carbonyl (C=O) groups excluding carboxylic acids is 1. The predicted molar refractivity (Wildman–Crippen MR) is 71.0 cm³/mol. The lowest BCUT2D eigenvalue weighted by molar-refractivity contribution is 0.0963. The molecule has 0 bridgehead atoms. The van der Waals surface area contributed by atoms with E-state index in [1.807, 2.05) is 0 Å². The van der Waals surface area contributed by atoms with Gasteiger partial charge in [-0.25, -0.2) is 9.37 Å². The number of nitrogens with one attached hydrogen (secondary N) is 1. The van der Waals surface area contributed by atoms with Gasteiger partial charge >= 0.3 is 0 Å². The first-order chi connectivity index (χ1) is 9.19. The highest BCUT2D eigenvalue weighted by atomic mass is 19.1. The standard InChI is InChI=1S/C15H11FN2O/c1-3-13-14(15(19)17-2)11(8-9-18-13)10-6-4-5-7-12(10)16/h1,4-9H,2H3,(H,17,19). The van der Waals surface area contributed by atoms with E-state index in [1.165, 1.54) is 19.3 Å². The Balaban J connectivity index is 2.75. The Labute approximate surface area is 110 Å². The van der Waals surface area contributed by atoms with Crippen molar-refractivity contribution in [2.75, 3.05) is 7.05 Å². The molecule has 0 saturated heterocycles. The molecule has 0 atom stereocenters. The lowest BCUT2D eigenvalue weighted by atomic mass is 9.98. The SMILES string of the molecule is C#Cc1nccc(-c2ccccc2F)c1C(=O)NC. The van der Waals surface area contributed by atoms with E-state index in [0.29, 0.717) is 11.1 Å². The maximum atomic E-state index is 13.9. The molecule has 1 aromatic heterocycles. The van der Waals surface area contributed by atoms with Crippen LogP contribution in [-0.2, 0) is 0 Å². The van der Waals surface area contributed by atoms with Crippen LogP contribution in [0.4, 0.5) is 4.39 Å². The number of rotatable bonds is 2. The quantitative estimate of drug-likeness (QED) is 0.835. The predicted octanol–water partition coefficient (Wildman–Crippen LogP) is 2.23. The maximum absolute atomic E-state index is 13.9. The van der Waals surface area contributed by atoms with Crippen molar-refractivity contribution in [3.8, 4) is 23.5 Å². The van der Waals surface area contributed by atoms with E-state index in [-0.39, 0.29) is 17.2 Å². The van der Waals surface area contributed by atoms with Crippen molar-refractivity contribution < 1.29 is 9.18 Å². The summed E-state index contributed by atoms with van der Waals surface area (Å²) in [4.78, 5) is 15.9. The van der Waals surface area contributed by atoms with E-state index < -0.39 is 5.82 Å². The van der Waals surface area contributed by atoms with Crippen molar-refractivity contribution in [1.29, 1.82) is 0 Å². The first kappa shape index (κ1) is 12.8. The molecule has 1 aromatic carbocycles. The summed E-state index contributed by atoms with van der Waals surface area (Å²) in [5, 5.41) is 2.49. The number of hydrogen-bond donors (Lipinski definition) is 1. The van der Waals surface area contributed by atoms with Crippen LogP contribution in [0.3, 0.4) is 0 Å². The van der Waals surface area contributed by atoms with Crippen LogP contribution in [0.2, 0.25) is 0 Å². The minimum atomic E-state index is -0.415. The number of pyridine rings is 1. The van der Waals surface area contributed by atoms with Gasteiger partial charge in [-0.2, -0.15) is 0 Å². The molecule has 1 amide bonds. The summed E-state index contributed by atoms with van der Waals surface area (Å²) in [6.45, 7) is 0. The molecule has 0 aliphatic rings. The fourth-order valence-electron chi connectivity index (χ4n) is 1.83. The Bertz CT molecular complexity index is 674. The van der Waals surface area contributed by atoms with Gasteiger partial charge in [0.15, 0.2) is 0 Å². The minimum absolute atomic E-state index is 0.195. The summed E-state index contributed by atoms with van der Waals surface area (Å²) in [6, 6.07) is 7.78. The molecule has 0 unspecified atom stereocenters. The molecule has 2 rings (SSSR count). The fraction of sp³-hybridized carbons (Fsp3) is 0.0667. The molecule has 1 heterocycles. The molecule has 4 heteroatoms. The van der Waals surface area contributed by atoms with Crippen LogP contribution in [0, 0.1) is 18.2 Å². The molecule has 0 saturated carbocycles. The minimum Gasteiger partial charge on any atom is -0.355 e. The molecule has 3 nitrogen and oxygen atoms in total. The van der Waals surface area contributed by atoms with Gasteiger partial charge in [0.25, 0.3) is 5.91 Å². The first-order valence-electron chi connectivity index (χ1n) is 5.61. The highest BCUT2D eigenvalue weighted by molar-refractivity contribution is 6.02. The monoisotopic (exact) mass is 254 g/mol. The summed E-state index contributed by atoms with van der Waals surface area (Å²) in [6.07, 6.45) is 6.80. The number of terminal acetylenes is 1. The highest BCUT2D eigenvalue weighted by Crippen LogP contribution is 2.27. The molecule has 0 aliphatic carbocycles. The van der Waals surface area contributed by atoms with Crippen LogP contribution in [0.15, 0.2) is 36.5 Å². The third kappa shape index (κ3) is 2.31. The first-order valence-corrected chi connectivity index (χ1v) is 5.61. The van der Waals surface area contributed by atoms with Crippen LogP contribution >= 0.6 is 0 Å². The summed E-state index contributed by atoms with van der Waals surface area (Å²) in [7, 11) is 1.49. The largest absolute Gasteiger partial charge is 0.355 e. The summed E-state index contributed by atoms with van der Waals surface area (Å²) < 4.78 is 13.9. The van der Waals surface area contributed by atoms with Crippen molar-refractivity contribution in [3.63, 3.8) is 0 Å². The third-order valence-corrected chi connectivity index (χ3v) is 2.71. The number of nitrogens with zero attached hydrogens (tertiary/aromatic N) is 1. The molecule has 0 aliphatic heterocycles. The van der Waals surface area contributed by atoms with E-state index in [2.05, 4.69) is 16.2 Å². The van der Waals surface area contributed by atoms with Gasteiger partial charge in [-0.05, 0) is 18.1 Å². The Morgan fingerprint density at radius 3 is 2.68 bits per heavy atom. The summed E-state index contributed by atoms with van der Waals surface area (Å²) in [5.74, 6) is 1.54. The average molecular weight is 254 g/mol. The van der Waals surface area contributed by atoms with Crippen LogP contribution in [0.5, 0.6) is 0 Å². The molecule has 1 N–H and O–H groups in total. The molecule has 0 fully saturated rings. The van der Waals surface area contributed by atoms with Crippen molar-refractivity contribution in [2.45, 2.75) is 0 Å². The van der Waals surface area contributed by atoms with Crippen molar-refractivity contribution in [2.24, 2.45) is 0 Å². The van der Waals surface area contributed by atoms with Crippen LogP contribution in [-0.4, -0.2) is 17.9 Å². The van der Waals surface area contributed by atoms with Crippen LogP contribution in [0.1, 0.15) is 16.1 Å². The molecular formula is C15H11FN2O. The maximum Gasteiger partial charge on any atom is 0.254 e. The molecule has 19 heavy (non-hydrogen) atoms. The van der Waals surface area contributed by atoms with Crippen LogP contribution in [0.25, 0.3) is 11.1 Å².